The van der Waals surface area contributed by atoms with Gasteiger partial charge in [-0.1, -0.05) is 6.07 Å². The molecule has 0 bridgehead atoms. The van der Waals surface area contributed by atoms with Crippen molar-refractivity contribution in [3.63, 3.8) is 0 Å². The van der Waals surface area contributed by atoms with Crippen LogP contribution >= 0.6 is 0 Å². The van der Waals surface area contributed by atoms with Crippen LogP contribution in [-0.4, -0.2) is 30.5 Å². The third kappa shape index (κ3) is 2.65. The fourth-order valence-corrected chi connectivity index (χ4v) is 2.34. The van der Waals surface area contributed by atoms with E-state index in [1.165, 1.54) is 13.2 Å². The molecule has 2 atom stereocenters. The number of hydrogen-bond acceptors (Lipinski definition) is 3. The van der Waals surface area contributed by atoms with E-state index in [0.717, 1.165) is 18.4 Å². The first-order chi connectivity index (χ1) is 8.55. The topological polar surface area (TPSA) is 38.7 Å². The summed E-state index contributed by atoms with van der Waals surface area (Å²) in [6, 6.07) is 4.75. The van der Waals surface area contributed by atoms with Crippen LogP contribution in [0.2, 0.25) is 0 Å². The quantitative estimate of drug-likeness (QED) is 0.896. The van der Waals surface area contributed by atoms with Crippen molar-refractivity contribution in [3.8, 4) is 5.75 Å². The van der Waals surface area contributed by atoms with Crippen LogP contribution in [0.4, 0.5) is 4.39 Å². The maximum Gasteiger partial charge on any atom is 0.165 e. The molecule has 0 amide bonds. The zero-order chi connectivity index (χ0) is 13.2. The van der Waals surface area contributed by atoms with Gasteiger partial charge in [0.15, 0.2) is 11.6 Å². The van der Waals surface area contributed by atoms with E-state index in [-0.39, 0.29) is 5.75 Å². The van der Waals surface area contributed by atoms with Crippen LogP contribution in [0.25, 0.3) is 0 Å². The first kappa shape index (κ1) is 13.3. The largest absolute Gasteiger partial charge is 0.494 e. The van der Waals surface area contributed by atoms with Crippen molar-refractivity contribution in [2.24, 2.45) is 0 Å². The maximum absolute atomic E-state index is 13.5. The molecule has 0 aliphatic carbocycles. The molecular weight excluding hydrogens is 235 g/mol. The lowest BCUT2D eigenvalue weighted by Crippen LogP contribution is -2.40. The summed E-state index contributed by atoms with van der Waals surface area (Å²) in [7, 11) is 1.43. The van der Waals surface area contributed by atoms with Gasteiger partial charge in [-0.25, -0.2) is 4.39 Å². The predicted octanol–water partition coefficient (Wildman–Crippen LogP) is 2.31. The fraction of sp³-hybridized carbons (Fsp3) is 0.571. The lowest BCUT2D eigenvalue weighted by atomic mass is 9.91. The van der Waals surface area contributed by atoms with Crippen LogP contribution < -0.4 is 4.74 Å². The van der Waals surface area contributed by atoms with Gasteiger partial charge < -0.3 is 14.6 Å². The fourth-order valence-electron chi connectivity index (χ4n) is 2.34. The van der Waals surface area contributed by atoms with Gasteiger partial charge in [-0.15, -0.1) is 0 Å². The molecule has 3 nitrogen and oxygen atoms in total. The second kappa shape index (κ2) is 5.24. The van der Waals surface area contributed by atoms with Crippen LogP contribution in [0.15, 0.2) is 18.2 Å². The van der Waals surface area contributed by atoms with Crippen molar-refractivity contribution in [1.29, 1.82) is 0 Å². The summed E-state index contributed by atoms with van der Waals surface area (Å²) >= 11 is 0. The molecule has 1 aromatic carbocycles. The van der Waals surface area contributed by atoms with Crippen LogP contribution in [0, 0.1) is 5.82 Å². The van der Waals surface area contributed by atoms with Crippen molar-refractivity contribution in [2.75, 3.05) is 13.7 Å². The lowest BCUT2D eigenvalue weighted by Gasteiger charge is -2.29. The second-order valence-electron chi connectivity index (χ2n) is 4.95. The summed E-state index contributed by atoms with van der Waals surface area (Å²) in [5.41, 5.74) is 0.244. The van der Waals surface area contributed by atoms with Crippen molar-refractivity contribution in [3.05, 3.63) is 29.6 Å². The average Bonchev–Trinajstić information content (AvgIpc) is 2.78. The summed E-state index contributed by atoms with van der Waals surface area (Å²) in [6.07, 6.45) is 1.57. The Labute approximate surface area is 107 Å². The number of benzene rings is 1. The van der Waals surface area contributed by atoms with Crippen LogP contribution in [-0.2, 0) is 11.2 Å². The molecule has 1 saturated heterocycles. The normalized spacial score (nSPS) is 25.1. The van der Waals surface area contributed by atoms with Gasteiger partial charge in [-0.05, 0) is 37.5 Å². The maximum atomic E-state index is 13.5. The van der Waals surface area contributed by atoms with E-state index >= 15 is 0 Å². The Kier molecular flexibility index (Phi) is 3.88. The van der Waals surface area contributed by atoms with Gasteiger partial charge in [0.05, 0.1) is 18.8 Å². The first-order valence-electron chi connectivity index (χ1n) is 6.19. The number of aliphatic hydroxyl groups is 1. The van der Waals surface area contributed by atoms with Gasteiger partial charge in [0.1, 0.15) is 0 Å². The highest BCUT2D eigenvalue weighted by atomic mass is 19.1. The van der Waals surface area contributed by atoms with E-state index < -0.39 is 17.5 Å². The monoisotopic (exact) mass is 254 g/mol. The van der Waals surface area contributed by atoms with Crippen molar-refractivity contribution in [1.82, 2.24) is 0 Å². The lowest BCUT2D eigenvalue weighted by molar-refractivity contribution is -0.0768. The second-order valence-corrected chi connectivity index (χ2v) is 4.95. The van der Waals surface area contributed by atoms with E-state index in [1.807, 2.05) is 6.92 Å². The van der Waals surface area contributed by atoms with Crippen molar-refractivity contribution >= 4 is 0 Å². The van der Waals surface area contributed by atoms with Gasteiger partial charge in [-0.3, -0.25) is 0 Å². The molecule has 2 unspecified atom stereocenters. The smallest absolute Gasteiger partial charge is 0.165 e. The minimum Gasteiger partial charge on any atom is -0.494 e. The molecule has 0 aromatic heterocycles. The molecule has 0 radical (unpaired) electrons. The third-order valence-corrected chi connectivity index (χ3v) is 3.60. The molecule has 0 spiro atoms. The molecule has 1 fully saturated rings. The number of methoxy groups -OCH3 is 1. The van der Waals surface area contributed by atoms with Crippen LogP contribution in [0.1, 0.15) is 25.3 Å². The first-order valence-corrected chi connectivity index (χ1v) is 6.19. The summed E-state index contributed by atoms with van der Waals surface area (Å²) in [5, 5.41) is 10.2. The minimum absolute atomic E-state index is 0.219. The summed E-state index contributed by atoms with van der Waals surface area (Å²) in [4.78, 5) is 0. The predicted molar refractivity (Wildman–Crippen MR) is 66.3 cm³/mol. The molecule has 2 rings (SSSR count). The Morgan fingerprint density at radius 2 is 2.33 bits per heavy atom. The van der Waals surface area contributed by atoms with E-state index in [1.54, 1.807) is 12.1 Å². The zero-order valence-corrected chi connectivity index (χ0v) is 10.8. The van der Waals surface area contributed by atoms with Crippen molar-refractivity contribution < 1.29 is 19.0 Å². The van der Waals surface area contributed by atoms with E-state index in [2.05, 4.69) is 0 Å². The summed E-state index contributed by atoms with van der Waals surface area (Å²) < 4.78 is 24.0. The van der Waals surface area contributed by atoms with E-state index in [0.29, 0.717) is 13.0 Å². The van der Waals surface area contributed by atoms with E-state index in [9.17, 15) is 9.50 Å². The Balaban J connectivity index is 2.07. The molecule has 0 saturated carbocycles. The molecule has 1 aliphatic rings. The van der Waals surface area contributed by atoms with Crippen LogP contribution in [0.3, 0.4) is 0 Å². The number of rotatable bonds is 4. The highest BCUT2D eigenvalue weighted by Gasteiger charge is 2.37. The zero-order valence-electron chi connectivity index (χ0n) is 10.8. The Morgan fingerprint density at radius 1 is 1.56 bits per heavy atom. The molecule has 4 heteroatoms. The van der Waals surface area contributed by atoms with E-state index in [4.69, 9.17) is 9.47 Å². The Bertz CT molecular complexity index is 414. The van der Waals surface area contributed by atoms with Gasteiger partial charge in [-0.2, -0.15) is 0 Å². The number of hydrogen-bond donors (Lipinski definition) is 1. The Hall–Kier alpha value is -1.13. The van der Waals surface area contributed by atoms with Gasteiger partial charge >= 0.3 is 0 Å². The molecule has 1 aliphatic heterocycles. The molecule has 1 N–H and O–H groups in total. The number of halogens is 1. The van der Waals surface area contributed by atoms with Gasteiger partial charge in [0, 0.05) is 13.0 Å². The molecule has 18 heavy (non-hydrogen) atoms. The summed E-state index contributed by atoms with van der Waals surface area (Å²) in [5.74, 6) is -0.184. The number of ether oxygens (including phenoxy) is 2. The molecule has 1 aromatic rings. The average molecular weight is 254 g/mol. The summed E-state index contributed by atoms with van der Waals surface area (Å²) in [6.45, 7) is 2.59. The minimum atomic E-state index is -0.618. The molecular formula is C14H19FO3. The highest BCUT2D eigenvalue weighted by Crippen LogP contribution is 2.30. The number of aliphatic hydroxyl groups excluding tert-OH is 1. The standard InChI is InChI=1S/C14H19FO3/c1-14(6-3-7-18-14)13(16)9-10-4-5-12(17-2)11(15)8-10/h4-5,8,13,16H,3,6-7,9H2,1-2H3. The Morgan fingerprint density at radius 3 is 2.89 bits per heavy atom. The van der Waals surface area contributed by atoms with Gasteiger partial charge in [0.2, 0.25) is 0 Å². The SMILES string of the molecule is COc1ccc(CC(O)C2(C)CCCO2)cc1F. The third-order valence-electron chi connectivity index (χ3n) is 3.60. The van der Waals surface area contributed by atoms with Crippen molar-refractivity contribution in [2.45, 2.75) is 37.9 Å². The highest BCUT2D eigenvalue weighted by molar-refractivity contribution is 5.29. The van der Waals surface area contributed by atoms with Crippen LogP contribution in [0.5, 0.6) is 5.75 Å². The molecule has 1 heterocycles. The van der Waals surface area contributed by atoms with Gasteiger partial charge in [0.25, 0.3) is 0 Å². The molecule has 100 valence electrons.